The van der Waals surface area contributed by atoms with Crippen LogP contribution in [0.3, 0.4) is 0 Å². The number of hydrogen-bond acceptors (Lipinski definition) is 4. The van der Waals surface area contributed by atoms with Gasteiger partial charge in [-0.1, -0.05) is 25.0 Å². The molecule has 0 atom stereocenters. The van der Waals surface area contributed by atoms with Crippen LogP contribution in [0.5, 0.6) is 5.75 Å². The number of alkyl carbamates (subject to hydrolysis) is 1. The molecule has 3 N–H and O–H groups in total. The molecule has 0 saturated heterocycles. The number of amides is 1. The summed E-state index contributed by atoms with van der Waals surface area (Å²) in [7, 11) is 0. The summed E-state index contributed by atoms with van der Waals surface area (Å²) in [4.78, 5) is 11.4. The van der Waals surface area contributed by atoms with E-state index in [1.165, 1.54) is 0 Å². The SMILES string of the molecule is CC(C)(C)OC(=O)NCCCCCCOc1ccc(CN)cc1. The highest BCUT2D eigenvalue weighted by atomic mass is 16.6. The molecule has 1 aromatic carbocycles. The number of nitrogens with one attached hydrogen (secondary N) is 1. The fourth-order valence-electron chi connectivity index (χ4n) is 2.00. The van der Waals surface area contributed by atoms with Gasteiger partial charge in [-0.3, -0.25) is 0 Å². The lowest BCUT2D eigenvalue weighted by molar-refractivity contribution is 0.0527. The Morgan fingerprint density at radius 3 is 2.35 bits per heavy atom. The molecule has 0 bridgehead atoms. The number of nitrogens with two attached hydrogens (primary N) is 1. The summed E-state index contributed by atoms with van der Waals surface area (Å²) in [6.45, 7) is 7.48. The van der Waals surface area contributed by atoms with Gasteiger partial charge in [-0.2, -0.15) is 0 Å². The van der Waals surface area contributed by atoms with Gasteiger partial charge in [0.25, 0.3) is 0 Å². The van der Waals surface area contributed by atoms with E-state index in [9.17, 15) is 4.79 Å². The molecule has 0 aliphatic heterocycles. The molecule has 0 heterocycles. The average Bonchev–Trinajstić information content (AvgIpc) is 2.48. The number of unbranched alkanes of at least 4 members (excludes halogenated alkanes) is 3. The van der Waals surface area contributed by atoms with E-state index in [1.54, 1.807) is 0 Å². The lowest BCUT2D eigenvalue weighted by Crippen LogP contribution is -2.32. The van der Waals surface area contributed by atoms with Crippen LogP contribution in [0.1, 0.15) is 52.0 Å². The van der Waals surface area contributed by atoms with Crippen LogP contribution >= 0.6 is 0 Å². The van der Waals surface area contributed by atoms with Crippen molar-refractivity contribution >= 4 is 6.09 Å². The Morgan fingerprint density at radius 2 is 1.74 bits per heavy atom. The Bertz CT molecular complexity index is 452. The van der Waals surface area contributed by atoms with Gasteiger partial charge in [0.05, 0.1) is 6.61 Å². The van der Waals surface area contributed by atoms with Crippen LogP contribution in [0.15, 0.2) is 24.3 Å². The van der Waals surface area contributed by atoms with Crippen LogP contribution in [0.25, 0.3) is 0 Å². The van der Waals surface area contributed by atoms with Crippen molar-refractivity contribution in [2.24, 2.45) is 5.73 Å². The zero-order valence-corrected chi connectivity index (χ0v) is 14.6. The molecule has 0 aliphatic rings. The summed E-state index contributed by atoms with van der Waals surface area (Å²) in [5.74, 6) is 0.883. The van der Waals surface area contributed by atoms with Crippen LogP contribution in [0.2, 0.25) is 0 Å². The van der Waals surface area contributed by atoms with Gasteiger partial charge in [0.2, 0.25) is 0 Å². The first-order valence-corrected chi connectivity index (χ1v) is 8.29. The molecular weight excluding hydrogens is 292 g/mol. The van der Waals surface area contributed by atoms with Gasteiger partial charge >= 0.3 is 6.09 Å². The normalized spacial score (nSPS) is 11.1. The van der Waals surface area contributed by atoms with Gasteiger partial charge in [0, 0.05) is 13.1 Å². The van der Waals surface area contributed by atoms with Crippen molar-refractivity contribution in [3.8, 4) is 5.75 Å². The molecule has 5 heteroatoms. The predicted octanol–water partition coefficient (Wildman–Crippen LogP) is 3.61. The molecule has 0 aliphatic carbocycles. The summed E-state index contributed by atoms with van der Waals surface area (Å²) in [6, 6.07) is 7.87. The first-order valence-electron chi connectivity index (χ1n) is 8.29. The van der Waals surface area contributed by atoms with E-state index in [1.807, 2.05) is 45.0 Å². The Morgan fingerprint density at radius 1 is 1.09 bits per heavy atom. The maximum atomic E-state index is 11.4. The lowest BCUT2D eigenvalue weighted by atomic mass is 10.2. The van der Waals surface area contributed by atoms with Crippen LogP contribution in [-0.2, 0) is 11.3 Å². The number of hydrogen-bond donors (Lipinski definition) is 2. The smallest absolute Gasteiger partial charge is 0.407 e. The van der Waals surface area contributed by atoms with Crippen molar-refractivity contribution < 1.29 is 14.3 Å². The maximum Gasteiger partial charge on any atom is 0.407 e. The van der Waals surface area contributed by atoms with Crippen LogP contribution in [0.4, 0.5) is 4.79 Å². The molecule has 1 aromatic rings. The van der Waals surface area contributed by atoms with Crippen molar-refractivity contribution in [1.82, 2.24) is 5.32 Å². The Labute approximate surface area is 139 Å². The molecule has 0 spiro atoms. The first kappa shape index (κ1) is 19.3. The summed E-state index contributed by atoms with van der Waals surface area (Å²) < 4.78 is 10.8. The molecule has 0 fully saturated rings. The monoisotopic (exact) mass is 322 g/mol. The summed E-state index contributed by atoms with van der Waals surface area (Å²) in [5, 5.41) is 2.76. The highest BCUT2D eigenvalue weighted by molar-refractivity contribution is 5.67. The number of carbonyl (C=O) groups excluding carboxylic acids is 1. The molecule has 0 saturated carbocycles. The lowest BCUT2D eigenvalue weighted by Gasteiger charge is -2.19. The number of ether oxygens (including phenoxy) is 2. The third-order valence-corrected chi connectivity index (χ3v) is 3.17. The second kappa shape index (κ2) is 10.1. The first-order chi connectivity index (χ1) is 10.9. The molecule has 23 heavy (non-hydrogen) atoms. The quantitative estimate of drug-likeness (QED) is 0.681. The van der Waals surface area contributed by atoms with Crippen molar-refractivity contribution in [3.05, 3.63) is 29.8 Å². The predicted molar refractivity (Wildman–Crippen MR) is 92.5 cm³/mol. The summed E-state index contributed by atoms with van der Waals surface area (Å²) in [5.41, 5.74) is 6.22. The van der Waals surface area contributed by atoms with E-state index in [-0.39, 0.29) is 6.09 Å². The number of carbonyl (C=O) groups is 1. The van der Waals surface area contributed by atoms with Crippen molar-refractivity contribution in [3.63, 3.8) is 0 Å². The molecule has 130 valence electrons. The fourth-order valence-corrected chi connectivity index (χ4v) is 2.00. The zero-order valence-electron chi connectivity index (χ0n) is 14.6. The third kappa shape index (κ3) is 9.79. The van der Waals surface area contributed by atoms with Gasteiger partial charge < -0.3 is 20.5 Å². The van der Waals surface area contributed by atoms with E-state index < -0.39 is 5.60 Å². The molecule has 5 nitrogen and oxygen atoms in total. The highest BCUT2D eigenvalue weighted by Crippen LogP contribution is 2.12. The maximum absolute atomic E-state index is 11.4. The van der Waals surface area contributed by atoms with E-state index in [2.05, 4.69) is 5.32 Å². The fraction of sp³-hybridized carbons (Fsp3) is 0.611. The van der Waals surface area contributed by atoms with Crippen molar-refractivity contribution in [2.75, 3.05) is 13.2 Å². The number of benzene rings is 1. The van der Waals surface area contributed by atoms with Crippen molar-refractivity contribution in [1.29, 1.82) is 0 Å². The van der Waals surface area contributed by atoms with Gasteiger partial charge in [-0.25, -0.2) is 4.79 Å². The minimum Gasteiger partial charge on any atom is -0.494 e. The standard InChI is InChI=1S/C18H30N2O3/c1-18(2,3)23-17(21)20-12-6-4-5-7-13-22-16-10-8-15(14-19)9-11-16/h8-11H,4-7,12-14,19H2,1-3H3,(H,20,21). The largest absolute Gasteiger partial charge is 0.494 e. The Balaban J connectivity index is 1.98. The topological polar surface area (TPSA) is 73.6 Å². The molecule has 0 unspecified atom stereocenters. The number of rotatable bonds is 9. The van der Waals surface area contributed by atoms with E-state index in [4.69, 9.17) is 15.2 Å². The van der Waals surface area contributed by atoms with Gasteiger partial charge in [0.15, 0.2) is 0 Å². The molecular formula is C18H30N2O3. The summed E-state index contributed by atoms with van der Waals surface area (Å²) in [6.07, 6.45) is 3.75. The summed E-state index contributed by atoms with van der Waals surface area (Å²) >= 11 is 0. The van der Waals surface area contributed by atoms with Gasteiger partial charge in [-0.05, 0) is 51.3 Å². The highest BCUT2D eigenvalue weighted by Gasteiger charge is 2.15. The Kier molecular flexibility index (Phi) is 8.48. The van der Waals surface area contributed by atoms with Crippen molar-refractivity contribution in [2.45, 2.75) is 58.6 Å². The zero-order chi connectivity index (χ0) is 17.1. The van der Waals surface area contributed by atoms with E-state index in [0.29, 0.717) is 19.7 Å². The minimum absolute atomic E-state index is 0.346. The van der Waals surface area contributed by atoms with Crippen LogP contribution < -0.4 is 15.8 Å². The molecule has 1 rings (SSSR count). The Hall–Kier alpha value is -1.75. The molecule has 0 radical (unpaired) electrons. The average molecular weight is 322 g/mol. The third-order valence-electron chi connectivity index (χ3n) is 3.17. The second-order valence-corrected chi connectivity index (χ2v) is 6.54. The van der Waals surface area contributed by atoms with Gasteiger partial charge in [-0.15, -0.1) is 0 Å². The van der Waals surface area contributed by atoms with Crippen LogP contribution in [0, 0.1) is 0 Å². The van der Waals surface area contributed by atoms with E-state index >= 15 is 0 Å². The molecule has 0 aromatic heterocycles. The molecule has 1 amide bonds. The van der Waals surface area contributed by atoms with Crippen LogP contribution in [-0.4, -0.2) is 24.8 Å². The minimum atomic E-state index is -0.441. The second-order valence-electron chi connectivity index (χ2n) is 6.54. The van der Waals surface area contributed by atoms with E-state index in [0.717, 1.165) is 37.0 Å². The van der Waals surface area contributed by atoms with Gasteiger partial charge in [0.1, 0.15) is 11.4 Å².